The minimum Gasteiger partial charge on any atom is -0.348 e. The highest BCUT2D eigenvalue weighted by atomic mass is 32.2. The molecular formula is C17H19N3O4S. The van der Waals surface area contributed by atoms with E-state index in [1.807, 2.05) is 0 Å². The van der Waals surface area contributed by atoms with E-state index in [0.717, 1.165) is 11.8 Å². The van der Waals surface area contributed by atoms with Gasteiger partial charge in [-0.15, -0.1) is 0 Å². The lowest BCUT2D eigenvalue weighted by Gasteiger charge is -2.09. The number of sulfonamides is 1. The summed E-state index contributed by atoms with van der Waals surface area (Å²) in [6.07, 6.45) is 1.07. The Kier molecular flexibility index (Phi) is 5.76. The van der Waals surface area contributed by atoms with Crippen molar-refractivity contribution < 1.29 is 18.0 Å². The molecule has 3 N–H and O–H groups in total. The summed E-state index contributed by atoms with van der Waals surface area (Å²) in [7, 11) is -3.35. The first-order valence-corrected chi connectivity index (χ1v) is 9.35. The Morgan fingerprint density at radius 2 is 1.68 bits per heavy atom. The minimum absolute atomic E-state index is 0.215. The molecule has 0 saturated carbocycles. The molecule has 132 valence electrons. The molecule has 0 atom stereocenters. The predicted octanol–water partition coefficient (Wildman–Crippen LogP) is 1.95. The molecule has 2 amide bonds. The van der Waals surface area contributed by atoms with Gasteiger partial charge in [-0.3, -0.25) is 14.3 Å². The molecule has 2 aromatic rings. The van der Waals surface area contributed by atoms with Gasteiger partial charge < -0.3 is 10.6 Å². The second kappa shape index (κ2) is 7.80. The summed E-state index contributed by atoms with van der Waals surface area (Å²) in [6.45, 7) is 1.63. The number of amides is 2. The predicted molar refractivity (Wildman–Crippen MR) is 96.8 cm³/mol. The lowest BCUT2D eigenvalue weighted by atomic mass is 10.1. The molecule has 0 radical (unpaired) electrons. The van der Waals surface area contributed by atoms with Crippen LogP contribution in [0.5, 0.6) is 0 Å². The van der Waals surface area contributed by atoms with E-state index in [1.165, 1.54) is 6.92 Å². The van der Waals surface area contributed by atoms with E-state index >= 15 is 0 Å². The Morgan fingerprint density at radius 3 is 2.36 bits per heavy atom. The largest absolute Gasteiger partial charge is 0.348 e. The first kappa shape index (κ1) is 18.5. The summed E-state index contributed by atoms with van der Waals surface area (Å²) in [5, 5.41) is 5.38. The van der Waals surface area contributed by atoms with E-state index in [1.54, 1.807) is 48.5 Å². The molecule has 0 fully saturated rings. The lowest BCUT2D eigenvalue weighted by molar-refractivity contribution is -0.114. The lowest BCUT2D eigenvalue weighted by Crippen LogP contribution is -2.23. The molecule has 2 aromatic carbocycles. The van der Waals surface area contributed by atoms with Crippen LogP contribution < -0.4 is 15.4 Å². The molecule has 0 aliphatic rings. The second-order valence-electron chi connectivity index (χ2n) is 5.52. The third-order valence-electron chi connectivity index (χ3n) is 3.13. The van der Waals surface area contributed by atoms with Crippen molar-refractivity contribution in [3.63, 3.8) is 0 Å². The molecule has 0 aliphatic carbocycles. The van der Waals surface area contributed by atoms with Gasteiger partial charge in [-0.25, -0.2) is 8.42 Å². The van der Waals surface area contributed by atoms with Crippen LogP contribution in [-0.4, -0.2) is 26.5 Å². The van der Waals surface area contributed by atoms with E-state index in [-0.39, 0.29) is 18.4 Å². The maximum absolute atomic E-state index is 12.2. The third kappa shape index (κ3) is 6.27. The van der Waals surface area contributed by atoms with Crippen molar-refractivity contribution in [2.45, 2.75) is 13.5 Å². The van der Waals surface area contributed by atoms with Gasteiger partial charge in [-0.1, -0.05) is 18.2 Å². The van der Waals surface area contributed by atoms with Crippen LogP contribution in [0, 0.1) is 0 Å². The van der Waals surface area contributed by atoms with E-state index in [4.69, 9.17) is 0 Å². The van der Waals surface area contributed by atoms with Crippen molar-refractivity contribution in [3.05, 3.63) is 59.7 Å². The van der Waals surface area contributed by atoms with Crippen molar-refractivity contribution >= 4 is 33.2 Å². The first-order chi connectivity index (χ1) is 11.7. The molecule has 0 bridgehead atoms. The fourth-order valence-corrected chi connectivity index (χ4v) is 2.74. The zero-order chi connectivity index (χ0) is 18.4. The van der Waals surface area contributed by atoms with Crippen LogP contribution in [0.3, 0.4) is 0 Å². The average molecular weight is 361 g/mol. The third-order valence-corrected chi connectivity index (χ3v) is 3.73. The Balaban J connectivity index is 2.02. The van der Waals surface area contributed by atoms with Gasteiger partial charge in [0, 0.05) is 30.4 Å². The molecule has 25 heavy (non-hydrogen) atoms. The number of rotatable bonds is 6. The van der Waals surface area contributed by atoms with Crippen molar-refractivity contribution in [1.82, 2.24) is 5.32 Å². The van der Waals surface area contributed by atoms with Gasteiger partial charge in [-0.05, 0) is 35.9 Å². The van der Waals surface area contributed by atoms with E-state index in [0.29, 0.717) is 16.9 Å². The molecule has 7 nitrogen and oxygen atoms in total. The van der Waals surface area contributed by atoms with Gasteiger partial charge in [0.1, 0.15) is 0 Å². The molecule has 8 heteroatoms. The zero-order valence-electron chi connectivity index (χ0n) is 13.9. The fraction of sp³-hybridized carbons (Fsp3) is 0.176. The van der Waals surface area contributed by atoms with Crippen molar-refractivity contribution in [2.24, 2.45) is 0 Å². The molecule has 0 heterocycles. The van der Waals surface area contributed by atoms with Crippen LogP contribution in [0.15, 0.2) is 48.5 Å². The molecule has 2 rings (SSSR count). The number of benzene rings is 2. The molecule has 0 saturated heterocycles. The average Bonchev–Trinajstić information content (AvgIpc) is 2.51. The van der Waals surface area contributed by atoms with Gasteiger partial charge in [0.15, 0.2) is 0 Å². The van der Waals surface area contributed by atoms with E-state index in [2.05, 4.69) is 15.4 Å². The number of anilines is 2. The van der Waals surface area contributed by atoms with Crippen LogP contribution in [0.2, 0.25) is 0 Å². The van der Waals surface area contributed by atoms with Crippen LogP contribution in [0.1, 0.15) is 22.8 Å². The summed E-state index contributed by atoms with van der Waals surface area (Å²) in [4.78, 5) is 23.3. The summed E-state index contributed by atoms with van der Waals surface area (Å²) in [5.41, 5.74) is 2.14. The van der Waals surface area contributed by atoms with Gasteiger partial charge >= 0.3 is 0 Å². The maximum Gasteiger partial charge on any atom is 0.251 e. The van der Waals surface area contributed by atoms with Crippen molar-refractivity contribution in [2.75, 3.05) is 16.3 Å². The Hall–Kier alpha value is -2.87. The van der Waals surface area contributed by atoms with Crippen LogP contribution in [-0.2, 0) is 21.4 Å². The van der Waals surface area contributed by atoms with Crippen molar-refractivity contribution in [1.29, 1.82) is 0 Å². The first-order valence-electron chi connectivity index (χ1n) is 7.45. The molecule has 0 unspecified atom stereocenters. The number of carbonyl (C=O) groups is 2. The van der Waals surface area contributed by atoms with Gasteiger partial charge in [-0.2, -0.15) is 0 Å². The molecule has 0 aromatic heterocycles. The summed E-state index contributed by atoms with van der Waals surface area (Å²) in [6, 6.07) is 13.3. The smallest absolute Gasteiger partial charge is 0.251 e. The number of carbonyl (C=O) groups excluding carboxylic acids is 2. The van der Waals surface area contributed by atoms with Gasteiger partial charge in [0.25, 0.3) is 5.91 Å². The Bertz CT molecular complexity index is 894. The summed E-state index contributed by atoms with van der Waals surface area (Å²) < 4.78 is 24.9. The van der Waals surface area contributed by atoms with Gasteiger partial charge in [0.05, 0.1) is 6.26 Å². The molecular weight excluding hydrogens is 342 g/mol. The normalized spacial score (nSPS) is 10.8. The second-order valence-corrected chi connectivity index (χ2v) is 7.27. The monoisotopic (exact) mass is 361 g/mol. The van der Waals surface area contributed by atoms with E-state index < -0.39 is 10.0 Å². The quantitative estimate of drug-likeness (QED) is 0.731. The number of hydrogen-bond donors (Lipinski definition) is 3. The number of hydrogen-bond acceptors (Lipinski definition) is 4. The Morgan fingerprint density at radius 1 is 1.00 bits per heavy atom. The van der Waals surface area contributed by atoms with E-state index in [9.17, 15) is 18.0 Å². The van der Waals surface area contributed by atoms with Crippen LogP contribution in [0.25, 0.3) is 0 Å². The SMILES string of the molecule is CC(=O)Nc1cccc(C(=O)NCc2cccc(NS(C)(=O)=O)c2)c1. The zero-order valence-corrected chi connectivity index (χ0v) is 14.7. The summed E-state index contributed by atoms with van der Waals surface area (Å²) >= 11 is 0. The highest BCUT2D eigenvalue weighted by Gasteiger charge is 2.08. The van der Waals surface area contributed by atoms with Crippen LogP contribution in [0.4, 0.5) is 11.4 Å². The number of nitrogens with one attached hydrogen (secondary N) is 3. The topological polar surface area (TPSA) is 104 Å². The standard InChI is InChI=1S/C17H19N3O4S/c1-12(21)19-15-7-4-6-14(10-15)17(22)18-11-13-5-3-8-16(9-13)20-25(2,23)24/h3-10,20H,11H2,1-2H3,(H,18,22)(H,19,21). The minimum atomic E-state index is -3.35. The Labute approximate surface area is 146 Å². The van der Waals surface area contributed by atoms with Gasteiger partial charge in [0.2, 0.25) is 15.9 Å². The molecule has 0 spiro atoms. The molecule has 0 aliphatic heterocycles. The maximum atomic E-state index is 12.2. The summed E-state index contributed by atoms with van der Waals surface area (Å²) in [5.74, 6) is -0.513. The fourth-order valence-electron chi connectivity index (χ4n) is 2.18. The highest BCUT2D eigenvalue weighted by Crippen LogP contribution is 2.13. The highest BCUT2D eigenvalue weighted by molar-refractivity contribution is 7.92. The van der Waals surface area contributed by atoms with Crippen LogP contribution >= 0.6 is 0 Å². The van der Waals surface area contributed by atoms with Crippen molar-refractivity contribution in [3.8, 4) is 0 Å².